The first kappa shape index (κ1) is 16.0. The Bertz CT molecular complexity index is 625. The first-order valence-corrected chi connectivity index (χ1v) is 7.45. The predicted molar refractivity (Wildman–Crippen MR) is 85.6 cm³/mol. The summed E-state index contributed by atoms with van der Waals surface area (Å²) in [6.07, 6.45) is 0.665. The van der Waals surface area contributed by atoms with Crippen molar-refractivity contribution in [3.8, 4) is 5.75 Å². The van der Waals surface area contributed by atoms with Crippen LogP contribution in [0.5, 0.6) is 5.75 Å². The van der Waals surface area contributed by atoms with E-state index in [1.165, 1.54) is 17.7 Å². The van der Waals surface area contributed by atoms with Crippen molar-refractivity contribution in [1.29, 1.82) is 0 Å². The number of benzene rings is 2. The summed E-state index contributed by atoms with van der Waals surface area (Å²) in [6.45, 7) is 3.90. The van der Waals surface area contributed by atoms with Crippen molar-refractivity contribution in [2.45, 2.75) is 32.8 Å². The summed E-state index contributed by atoms with van der Waals surface area (Å²) in [5, 5.41) is 2.80. The van der Waals surface area contributed by atoms with Crippen LogP contribution in [0.2, 0.25) is 0 Å². The van der Waals surface area contributed by atoms with Gasteiger partial charge in [0.25, 0.3) is 5.91 Å². The van der Waals surface area contributed by atoms with E-state index in [-0.39, 0.29) is 11.7 Å². The van der Waals surface area contributed by atoms with E-state index in [1.54, 1.807) is 12.1 Å². The molecule has 4 heteroatoms. The van der Waals surface area contributed by atoms with Gasteiger partial charge in [0, 0.05) is 5.69 Å². The van der Waals surface area contributed by atoms with Gasteiger partial charge >= 0.3 is 0 Å². The van der Waals surface area contributed by atoms with E-state index in [0.29, 0.717) is 12.1 Å². The number of hydrogen-bond donors (Lipinski definition) is 1. The van der Waals surface area contributed by atoms with Crippen LogP contribution >= 0.6 is 0 Å². The second kappa shape index (κ2) is 7.59. The molecule has 0 unspecified atom stereocenters. The lowest BCUT2D eigenvalue weighted by molar-refractivity contribution is -0.122. The van der Waals surface area contributed by atoms with Crippen molar-refractivity contribution < 1.29 is 13.9 Å². The molecule has 2 rings (SSSR count). The number of para-hydroxylation sites is 1. The largest absolute Gasteiger partial charge is 0.478 e. The maximum absolute atomic E-state index is 13.6. The Balaban J connectivity index is 2.03. The van der Waals surface area contributed by atoms with Crippen LogP contribution in [-0.4, -0.2) is 12.0 Å². The molecule has 1 atom stereocenters. The first-order chi connectivity index (χ1) is 10.6. The van der Waals surface area contributed by atoms with Gasteiger partial charge in [-0.25, -0.2) is 4.39 Å². The molecule has 0 aromatic heterocycles. The van der Waals surface area contributed by atoms with Crippen molar-refractivity contribution in [2.75, 3.05) is 5.32 Å². The summed E-state index contributed by atoms with van der Waals surface area (Å²) in [4.78, 5) is 12.3. The molecule has 0 fully saturated rings. The van der Waals surface area contributed by atoms with Gasteiger partial charge in [-0.3, -0.25) is 4.79 Å². The van der Waals surface area contributed by atoms with Gasteiger partial charge < -0.3 is 10.1 Å². The lowest BCUT2D eigenvalue weighted by Crippen LogP contribution is -2.32. The third kappa shape index (κ3) is 4.07. The van der Waals surface area contributed by atoms with E-state index in [4.69, 9.17) is 4.74 Å². The number of hydrogen-bond acceptors (Lipinski definition) is 2. The summed E-state index contributed by atoms with van der Waals surface area (Å²) < 4.78 is 19.1. The van der Waals surface area contributed by atoms with Crippen LogP contribution in [0.15, 0.2) is 48.5 Å². The summed E-state index contributed by atoms with van der Waals surface area (Å²) in [6, 6.07) is 13.7. The molecule has 0 saturated heterocycles. The fourth-order valence-corrected chi connectivity index (χ4v) is 2.06. The van der Waals surface area contributed by atoms with E-state index in [1.807, 2.05) is 31.2 Å². The minimum Gasteiger partial charge on any atom is -0.478 e. The number of aryl methyl sites for hydroxylation is 1. The van der Waals surface area contributed by atoms with E-state index < -0.39 is 11.9 Å². The molecule has 1 N–H and O–H groups in total. The molecule has 0 radical (unpaired) electrons. The van der Waals surface area contributed by atoms with Gasteiger partial charge in [-0.1, -0.05) is 38.1 Å². The average molecular weight is 301 g/mol. The average Bonchev–Trinajstić information content (AvgIpc) is 2.54. The third-order valence-corrected chi connectivity index (χ3v) is 3.40. The van der Waals surface area contributed by atoms with Crippen molar-refractivity contribution >= 4 is 11.6 Å². The highest BCUT2D eigenvalue weighted by Crippen LogP contribution is 2.19. The van der Waals surface area contributed by atoms with Crippen molar-refractivity contribution in [3.05, 3.63) is 59.9 Å². The van der Waals surface area contributed by atoms with Crippen LogP contribution in [0.25, 0.3) is 0 Å². The van der Waals surface area contributed by atoms with Gasteiger partial charge in [0.05, 0.1) is 0 Å². The third-order valence-electron chi connectivity index (χ3n) is 3.40. The minimum atomic E-state index is -0.734. The predicted octanol–water partition coefficient (Wildman–Crippen LogP) is 4.18. The Morgan fingerprint density at radius 3 is 2.41 bits per heavy atom. The van der Waals surface area contributed by atoms with E-state index in [9.17, 15) is 9.18 Å². The number of ether oxygens (including phenoxy) is 1. The van der Waals surface area contributed by atoms with Crippen LogP contribution in [0.3, 0.4) is 0 Å². The highest BCUT2D eigenvalue weighted by atomic mass is 19.1. The Morgan fingerprint density at radius 2 is 1.82 bits per heavy atom. The Hall–Kier alpha value is -2.36. The zero-order valence-corrected chi connectivity index (χ0v) is 12.8. The van der Waals surface area contributed by atoms with Crippen molar-refractivity contribution in [3.63, 3.8) is 0 Å². The molecule has 1 amide bonds. The number of carbonyl (C=O) groups is 1. The highest BCUT2D eigenvalue weighted by molar-refractivity contribution is 5.94. The van der Waals surface area contributed by atoms with Gasteiger partial charge in [0.2, 0.25) is 0 Å². The van der Waals surface area contributed by atoms with Crippen LogP contribution < -0.4 is 10.1 Å². The van der Waals surface area contributed by atoms with E-state index in [2.05, 4.69) is 12.2 Å². The minimum absolute atomic E-state index is 0.0887. The topological polar surface area (TPSA) is 38.3 Å². The molecule has 22 heavy (non-hydrogen) atoms. The van der Waals surface area contributed by atoms with Crippen LogP contribution in [0.1, 0.15) is 25.8 Å². The second-order valence-corrected chi connectivity index (χ2v) is 4.98. The van der Waals surface area contributed by atoms with Gasteiger partial charge in [-0.05, 0) is 42.7 Å². The number of amides is 1. The lowest BCUT2D eigenvalue weighted by Gasteiger charge is -2.17. The van der Waals surface area contributed by atoms with Crippen molar-refractivity contribution in [2.24, 2.45) is 0 Å². The van der Waals surface area contributed by atoms with Crippen LogP contribution in [0, 0.1) is 5.82 Å². The van der Waals surface area contributed by atoms with E-state index >= 15 is 0 Å². The Labute approximate surface area is 130 Å². The molecule has 0 aliphatic heterocycles. The number of rotatable bonds is 6. The molecule has 2 aromatic rings. The monoisotopic (exact) mass is 301 g/mol. The molecular formula is C18H20FNO2. The zero-order valence-electron chi connectivity index (χ0n) is 12.8. The molecular weight excluding hydrogens is 281 g/mol. The molecule has 0 aliphatic rings. The van der Waals surface area contributed by atoms with Gasteiger partial charge in [-0.15, -0.1) is 0 Å². The molecule has 0 heterocycles. The summed E-state index contributed by atoms with van der Waals surface area (Å²) in [7, 11) is 0. The Kier molecular flexibility index (Phi) is 5.53. The molecule has 3 nitrogen and oxygen atoms in total. The highest BCUT2D eigenvalue weighted by Gasteiger charge is 2.19. The Morgan fingerprint density at radius 1 is 1.14 bits per heavy atom. The standard InChI is InChI=1S/C18H20FNO2/c1-3-13-9-11-14(12-10-13)20-18(21)16(4-2)22-17-8-6-5-7-15(17)19/h5-12,16H,3-4H2,1-2H3,(H,20,21)/t16-/m1/s1. The fraction of sp³-hybridized carbons (Fsp3) is 0.278. The number of carbonyl (C=O) groups excluding carboxylic acids is 1. The van der Waals surface area contributed by atoms with Crippen LogP contribution in [-0.2, 0) is 11.2 Å². The van der Waals surface area contributed by atoms with Gasteiger partial charge in [0.1, 0.15) is 0 Å². The number of anilines is 1. The summed E-state index contributed by atoms with van der Waals surface area (Å²) in [5.74, 6) is -0.665. The van der Waals surface area contributed by atoms with E-state index in [0.717, 1.165) is 6.42 Å². The molecule has 0 spiro atoms. The quantitative estimate of drug-likeness (QED) is 0.869. The fourth-order valence-electron chi connectivity index (χ4n) is 2.06. The maximum Gasteiger partial charge on any atom is 0.265 e. The number of halogens is 1. The summed E-state index contributed by atoms with van der Waals surface area (Å²) in [5.41, 5.74) is 1.91. The SMILES string of the molecule is CCc1ccc(NC(=O)[C@@H](CC)Oc2ccccc2F)cc1. The first-order valence-electron chi connectivity index (χ1n) is 7.45. The molecule has 0 saturated carbocycles. The molecule has 0 aliphatic carbocycles. The maximum atomic E-state index is 13.6. The van der Waals surface area contributed by atoms with Crippen LogP contribution in [0.4, 0.5) is 10.1 Å². The van der Waals surface area contributed by atoms with Crippen molar-refractivity contribution in [1.82, 2.24) is 0 Å². The molecule has 2 aromatic carbocycles. The smallest absolute Gasteiger partial charge is 0.265 e. The summed E-state index contributed by atoms with van der Waals surface area (Å²) >= 11 is 0. The normalized spacial score (nSPS) is 11.8. The lowest BCUT2D eigenvalue weighted by atomic mass is 10.1. The van der Waals surface area contributed by atoms with Gasteiger partial charge in [-0.2, -0.15) is 0 Å². The number of nitrogens with one attached hydrogen (secondary N) is 1. The molecule has 116 valence electrons. The second-order valence-electron chi connectivity index (χ2n) is 4.98. The molecule has 0 bridgehead atoms. The zero-order chi connectivity index (χ0) is 15.9. The van der Waals surface area contributed by atoms with Gasteiger partial charge in [0.15, 0.2) is 17.7 Å².